The van der Waals surface area contributed by atoms with Crippen molar-refractivity contribution in [3.05, 3.63) is 81.8 Å². The highest BCUT2D eigenvalue weighted by Crippen LogP contribution is 2.35. The fourth-order valence-corrected chi connectivity index (χ4v) is 3.29. The molecule has 0 saturated heterocycles. The van der Waals surface area contributed by atoms with Gasteiger partial charge in [-0.15, -0.1) is 0 Å². The summed E-state index contributed by atoms with van der Waals surface area (Å²) in [6.45, 7) is 1.83. The summed E-state index contributed by atoms with van der Waals surface area (Å²) in [6, 6.07) is 13.2. The Morgan fingerprint density at radius 2 is 1.95 bits per heavy atom. The zero-order valence-electron chi connectivity index (χ0n) is 12.0. The number of hydrogen-bond donors (Lipinski definition) is 0. The monoisotopic (exact) mass is 309 g/mol. The van der Waals surface area contributed by atoms with Crippen molar-refractivity contribution >= 4 is 28.1 Å². The maximum absolute atomic E-state index is 13.7. The summed E-state index contributed by atoms with van der Waals surface area (Å²) in [5.41, 5.74) is 5.58. The molecule has 0 fully saturated rings. The average molecular weight is 310 g/mol. The van der Waals surface area contributed by atoms with Crippen LogP contribution in [-0.4, -0.2) is 4.98 Å². The van der Waals surface area contributed by atoms with Crippen LogP contribution in [0, 0.1) is 12.7 Å². The first-order valence-electron chi connectivity index (χ1n) is 7.19. The third-order valence-electron chi connectivity index (χ3n) is 4.28. The van der Waals surface area contributed by atoms with Gasteiger partial charge in [-0.2, -0.15) is 0 Å². The van der Waals surface area contributed by atoms with E-state index in [4.69, 9.17) is 16.6 Å². The number of hydrogen-bond acceptors (Lipinski definition) is 1. The summed E-state index contributed by atoms with van der Waals surface area (Å²) in [5.74, 6) is -0.150. The molecule has 0 aliphatic heterocycles. The Kier molecular flexibility index (Phi) is 3.02. The molecule has 0 atom stereocenters. The number of rotatable bonds is 1. The van der Waals surface area contributed by atoms with Crippen molar-refractivity contribution in [3.8, 4) is 0 Å². The Morgan fingerprint density at radius 3 is 2.82 bits per heavy atom. The number of allylic oxidation sites excluding steroid dienone is 1. The highest BCUT2D eigenvalue weighted by molar-refractivity contribution is 6.35. The number of pyridine rings is 1. The molecule has 0 saturated carbocycles. The lowest BCUT2D eigenvalue weighted by molar-refractivity contribution is 0.616. The van der Waals surface area contributed by atoms with Gasteiger partial charge >= 0.3 is 0 Å². The van der Waals surface area contributed by atoms with Gasteiger partial charge in [-0.3, -0.25) is 0 Å². The number of benzene rings is 2. The summed E-state index contributed by atoms with van der Waals surface area (Å²) in [4.78, 5) is 4.71. The first-order valence-corrected chi connectivity index (χ1v) is 7.57. The van der Waals surface area contributed by atoms with Crippen LogP contribution in [0.4, 0.5) is 4.39 Å². The Morgan fingerprint density at radius 1 is 1.09 bits per heavy atom. The third-order valence-corrected chi connectivity index (χ3v) is 4.58. The van der Waals surface area contributed by atoms with Gasteiger partial charge in [-0.05, 0) is 48.2 Å². The van der Waals surface area contributed by atoms with E-state index >= 15 is 0 Å². The van der Waals surface area contributed by atoms with Crippen molar-refractivity contribution in [2.24, 2.45) is 0 Å². The van der Waals surface area contributed by atoms with E-state index in [1.165, 1.54) is 6.07 Å². The van der Waals surface area contributed by atoms with Crippen LogP contribution in [0.2, 0.25) is 5.02 Å². The molecule has 0 N–H and O–H groups in total. The molecule has 108 valence electrons. The zero-order chi connectivity index (χ0) is 15.3. The summed E-state index contributed by atoms with van der Waals surface area (Å²) in [5, 5.41) is 1.67. The number of fused-ring (bicyclic) bond motifs is 2. The smallest absolute Gasteiger partial charge is 0.126 e. The minimum Gasteiger partial charge on any atom is -0.246 e. The molecule has 1 aliphatic carbocycles. The number of aromatic nitrogens is 1. The molecule has 0 amide bonds. The van der Waals surface area contributed by atoms with Crippen molar-refractivity contribution in [2.75, 3.05) is 0 Å². The van der Waals surface area contributed by atoms with Crippen LogP contribution < -0.4 is 0 Å². The average Bonchev–Trinajstić information content (AvgIpc) is 2.96. The first kappa shape index (κ1) is 13.5. The van der Waals surface area contributed by atoms with Gasteiger partial charge in [0.2, 0.25) is 0 Å². The molecule has 1 aliphatic rings. The van der Waals surface area contributed by atoms with Gasteiger partial charge in [0.1, 0.15) is 5.82 Å². The summed E-state index contributed by atoms with van der Waals surface area (Å²) >= 11 is 6.25. The Labute approximate surface area is 133 Å². The van der Waals surface area contributed by atoms with Crippen LogP contribution in [0.1, 0.15) is 22.4 Å². The maximum atomic E-state index is 13.7. The number of nitrogens with zero attached hydrogens (tertiary/aromatic N) is 1. The minimum atomic E-state index is -0.150. The van der Waals surface area contributed by atoms with Gasteiger partial charge < -0.3 is 0 Å². The van der Waals surface area contributed by atoms with Crippen LogP contribution in [0.15, 0.2) is 48.5 Å². The van der Waals surface area contributed by atoms with Crippen molar-refractivity contribution in [1.29, 1.82) is 0 Å². The highest BCUT2D eigenvalue weighted by atomic mass is 35.5. The molecule has 4 rings (SSSR count). The quantitative estimate of drug-likeness (QED) is 0.592. The number of para-hydroxylation sites is 1. The molecule has 3 aromatic rings. The van der Waals surface area contributed by atoms with Gasteiger partial charge in [0, 0.05) is 11.0 Å². The van der Waals surface area contributed by atoms with E-state index in [9.17, 15) is 4.39 Å². The van der Waals surface area contributed by atoms with Gasteiger partial charge in [-0.25, -0.2) is 9.37 Å². The Hall–Kier alpha value is -2.19. The second-order valence-corrected chi connectivity index (χ2v) is 5.94. The lowest BCUT2D eigenvalue weighted by Crippen LogP contribution is -1.95. The normalized spacial score (nSPS) is 13.3. The van der Waals surface area contributed by atoms with Crippen LogP contribution >= 0.6 is 11.6 Å². The third kappa shape index (κ3) is 1.95. The standard InChI is InChI=1S/C19H13ClFN/c1-11-13-6-7-15(14(13)8-9-17(11)21)18-10-5-12-3-2-4-16(20)19(12)22-18/h2-5,7-10H,6H2,1H3. The van der Waals surface area contributed by atoms with E-state index in [0.29, 0.717) is 5.02 Å². The second-order valence-electron chi connectivity index (χ2n) is 5.53. The molecule has 0 spiro atoms. The van der Waals surface area contributed by atoms with Crippen molar-refractivity contribution in [2.45, 2.75) is 13.3 Å². The van der Waals surface area contributed by atoms with Crippen LogP contribution in [0.25, 0.3) is 16.5 Å². The molecule has 1 nitrogen and oxygen atoms in total. The lowest BCUT2D eigenvalue weighted by atomic mass is 9.98. The van der Waals surface area contributed by atoms with Crippen molar-refractivity contribution in [3.63, 3.8) is 0 Å². The predicted molar refractivity (Wildman–Crippen MR) is 88.7 cm³/mol. The van der Waals surface area contributed by atoms with Crippen LogP contribution in [-0.2, 0) is 6.42 Å². The molecule has 1 aromatic heterocycles. The van der Waals surface area contributed by atoms with E-state index in [1.54, 1.807) is 0 Å². The van der Waals surface area contributed by atoms with Gasteiger partial charge in [-0.1, -0.05) is 41.9 Å². The van der Waals surface area contributed by atoms with Crippen molar-refractivity contribution in [1.82, 2.24) is 4.98 Å². The predicted octanol–water partition coefficient (Wildman–Crippen LogP) is 5.32. The van der Waals surface area contributed by atoms with E-state index in [-0.39, 0.29) is 5.82 Å². The molecule has 1 heterocycles. The van der Waals surface area contributed by atoms with E-state index in [0.717, 1.165) is 45.3 Å². The topological polar surface area (TPSA) is 12.9 Å². The van der Waals surface area contributed by atoms with Gasteiger partial charge in [0.05, 0.1) is 16.2 Å². The molecule has 22 heavy (non-hydrogen) atoms. The minimum absolute atomic E-state index is 0.150. The number of halogens is 2. The Balaban J connectivity index is 1.89. The Bertz CT molecular complexity index is 944. The SMILES string of the molecule is Cc1c(F)ccc2c1CC=C2c1ccc2cccc(Cl)c2n1. The highest BCUT2D eigenvalue weighted by Gasteiger charge is 2.20. The first-order chi connectivity index (χ1) is 10.6. The van der Waals surface area contributed by atoms with E-state index in [1.807, 2.05) is 43.3 Å². The molecule has 0 radical (unpaired) electrons. The fraction of sp³-hybridized carbons (Fsp3) is 0.105. The maximum Gasteiger partial charge on any atom is 0.126 e. The van der Waals surface area contributed by atoms with E-state index in [2.05, 4.69) is 6.08 Å². The molecular weight excluding hydrogens is 297 g/mol. The summed E-state index contributed by atoms with van der Waals surface area (Å²) in [6.07, 6.45) is 2.86. The van der Waals surface area contributed by atoms with E-state index < -0.39 is 0 Å². The molecule has 3 heteroatoms. The molecular formula is C19H13ClFN. The molecule has 0 unspecified atom stereocenters. The molecule has 0 bridgehead atoms. The second kappa shape index (κ2) is 4.92. The lowest BCUT2D eigenvalue weighted by Gasteiger charge is -2.09. The fourth-order valence-electron chi connectivity index (χ4n) is 3.06. The largest absolute Gasteiger partial charge is 0.246 e. The summed E-state index contributed by atoms with van der Waals surface area (Å²) < 4.78 is 13.7. The molecule has 2 aromatic carbocycles. The van der Waals surface area contributed by atoms with Crippen LogP contribution in [0.5, 0.6) is 0 Å². The zero-order valence-corrected chi connectivity index (χ0v) is 12.8. The van der Waals surface area contributed by atoms with Crippen molar-refractivity contribution < 1.29 is 4.39 Å². The summed E-state index contributed by atoms with van der Waals surface area (Å²) in [7, 11) is 0. The van der Waals surface area contributed by atoms with Crippen LogP contribution in [0.3, 0.4) is 0 Å². The van der Waals surface area contributed by atoms with Gasteiger partial charge in [0.25, 0.3) is 0 Å². The van der Waals surface area contributed by atoms with Gasteiger partial charge in [0.15, 0.2) is 0 Å².